The molecule has 0 bridgehead atoms. The minimum absolute atomic E-state index is 0.0580. The van der Waals surface area contributed by atoms with Gasteiger partial charge in [0.2, 0.25) is 5.75 Å². The lowest BCUT2D eigenvalue weighted by atomic mass is 10.1. The second kappa shape index (κ2) is 6.99. The SMILES string of the molecule is COc1cc(C=C2C(=O)NC(=O)NC2=O)cc([N+](=O)[O-])c1OC(C)C. The first-order valence-corrected chi connectivity index (χ1v) is 7.14. The minimum Gasteiger partial charge on any atom is -0.493 e. The summed E-state index contributed by atoms with van der Waals surface area (Å²) in [5.41, 5.74) is -0.588. The van der Waals surface area contributed by atoms with E-state index in [1.54, 1.807) is 13.8 Å². The van der Waals surface area contributed by atoms with Crippen molar-refractivity contribution in [2.45, 2.75) is 20.0 Å². The standard InChI is InChI=1S/C15H15N3O7/c1-7(2)25-12-10(18(22)23)5-8(6-11(12)24-3)4-9-13(19)16-15(21)17-14(9)20/h4-7H,1-3H3,(H2,16,17,19,20,21). The van der Waals surface area contributed by atoms with Crippen LogP contribution in [0.2, 0.25) is 0 Å². The molecule has 10 heteroatoms. The fourth-order valence-electron chi connectivity index (χ4n) is 2.11. The van der Waals surface area contributed by atoms with Crippen molar-refractivity contribution in [3.63, 3.8) is 0 Å². The fourth-order valence-corrected chi connectivity index (χ4v) is 2.11. The van der Waals surface area contributed by atoms with Crippen LogP contribution in [-0.2, 0) is 9.59 Å². The zero-order chi connectivity index (χ0) is 18.7. The van der Waals surface area contributed by atoms with E-state index in [2.05, 4.69) is 0 Å². The van der Waals surface area contributed by atoms with Gasteiger partial charge in [-0.25, -0.2) is 4.79 Å². The molecular formula is C15H15N3O7. The predicted octanol–water partition coefficient (Wildman–Crippen LogP) is 1.14. The van der Waals surface area contributed by atoms with E-state index < -0.39 is 22.8 Å². The maximum absolute atomic E-state index is 11.8. The first kappa shape index (κ1) is 17.9. The smallest absolute Gasteiger partial charge is 0.328 e. The van der Waals surface area contributed by atoms with Gasteiger partial charge in [-0.1, -0.05) is 0 Å². The lowest BCUT2D eigenvalue weighted by Gasteiger charge is -2.16. The third-order valence-electron chi connectivity index (χ3n) is 3.08. The number of benzene rings is 1. The van der Waals surface area contributed by atoms with Crippen molar-refractivity contribution in [1.29, 1.82) is 0 Å². The quantitative estimate of drug-likeness (QED) is 0.352. The molecular weight excluding hydrogens is 334 g/mol. The minimum atomic E-state index is -0.934. The number of nitro groups is 1. The average Bonchev–Trinajstić information content (AvgIpc) is 2.50. The summed E-state index contributed by atoms with van der Waals surface area (Å²) in [5, 5.41) is 15.2. The van der Waals surface area contributed by atoms with Crippen LogP contribution in [-0.4, -0.2) is 36.0 Å². The molecule has 0 aliphatic carbocycles. The van der Waals surface area contributed by atoms with Crippen LogP contribution < -0.4 is 20.1 Å². The van der Waals surface area contributed by atoms with Crippen LogP contribution in [0.1, 0.15) is 19.4 Å². The number of hydrogen-bond donors (Lipinski definition) is 2. The number of nitrogens with zero attached hydrogens (tertiary/aromatic N) is 1. The molecule has 0 spiro atoms. The number of barbiturate groups is 1. The van der Waals surface area contributed by atoms with Crippen LogP contribution in [0.15, 0.2) is 17.7 Å². The average molecular weight is 349 g/mol. The van der Waals surface area contributed by atoms with Gasteiger partial charge in [-0.15, -0.1) is 0 Å². The highest BCUT2D eigenvalue weighted by Gasteiger charge is 2.29. The molecule has 2 rings (SSSR count). The van der Waals surface area contributed by atoms with Gasteiger partial charge in [0.05, 0.1) is 18.1 Å². The highest BCUT2D eigenvalue weighted by molar-refractivity contribution is 6.31. The third-order valence-corrected chi connectivity index (χ3v) is 3.08. The monoisotopic (exact) mass is 349 g/mol. The first-order chi connectivity index (χ1) is 11.7. The maximum Gasteiger partial charge on any atom is 0.328 e. The third kappa shape index (κ3) is 3.91. The van der Waals surface area contributed by atoms with Crippen LogP contribution >= 0.6 is 0 Å². The van der Waals surface area contributed by atoms with E-state index in [9.17, 15) is 24.5 Å². The zero-order valence-electron chi connectivity index (χ0n) is 13.6. The van der Waals surface area contributed by atoms with Gasteiger partial charge in [0.15, 0.2) is 5.75 Å². The van der Waals surface area contributed by atoms with E-state index in [1.165, 1.54) is 13.2 Å². The van der Waals surface area contributed by atoms with Gasteiger partial charge in [-0.3, -0.25) is 30.3 Å². The number of amides is 4. The fraction of sp³-hybridized carbons (Fsp3) is 0.267. The molecule has 1 aliphatic rings. The van der Waals surface area contributed by atoms with E-state index >= 15 is 0 Å². The molecule has 132 valence electrons. The number of rotatable bonds is 5. The van der Waals surface area contributed by atoms with E-state index in [1.807, 2.05) is 10.6 Å². The largest absolute Gasteiger partial charge is 0.493 e. The number of hydrogen-bond acceptors (Lipinski definition) is 7. The van der Waals surface area contributed by atoms with Gasteiger partial charge in [0.1, 0.15) is 5.57 Å². The second-order valence-corrected chi connectivity index (χ2v) is 5.29. The predicted molar refractivity (Wildman–Crippen MR) is 85.1 cm³/mol. The van der Waals surface area contributed by atoms with Crippen molar-refractivity contribution in [2.24, 2.45) is 0 Å². The second-order valence-electron chi connectivity index (χ2n) is 5.29. The van der Waals surface area contributed by atoms with Crippen molar-refractivity contribution >= 4 is 29.6 Å². The van der Waals surface area contributed by atoms with Crippen molar-refractivity contribution in [1.82, 2.24) is 10.6 Å². The molecule has 10 nitrogen and oxygen atoms in total. The Morgan fingerprint density at radius 3 is 2.24 bits per heavy atom. The molecule has 1 saturated heterocycles. The molecule has 25 heavy (non-hydrogen) atoms. The summed E-state index contributed by atoms with van der Waals surface area (Å²) in [6, 6.07) is 1.59. The summed E-state index contributed by atoms with van der Waals surface area (Å²) in [4.78, 5) is 45.2. The topological polar surface area (TPSA) is 137 Å². The van der Waals surface area contributed by atoms with Crippen molar-refractivity contribution in [3.05, 3.63) is 33.4 Å². The molecule has 2 N–H and O–H groups in total. The normalized spacial score (nSPS) is 14.1. The van der Waals surface area contributed by atoms with Crippen molar-refractivity contribution in [2.75, 3.05) is 7.11 Å². The van der Waals surface area contributed by atoms with Crippen LogP contribution in [0.25, 0.3) is 6.08 Å². The van der Waals surface area contributed by atoms with Crippen LogP contribution in [0, 0.1) is 10.1 Å². The molecule has 0 radical (unpaired) electrons. The van der Waals surface area contributed by atoms with Crippen LogP contribution in [0.5, 0.6) is 11.5 Å². The number of nitro benzene ring substituents is 1. The molecule has 1 aromatic rings. The Morgan fingerprint density at radius 2 is 1.76 bits per heavy atom. The molecule has 0 aromatic heterocycles. The number of urea groups is 1. The Balaban J connectivity index is 2.56. The first-order valence-electron chi connectivity index (χ1n) is 7.14. The number of nitrogens with one attached hydrogen (secondary N) is 2. The van der Waals surface area contributed by atoms with Gasteiger partial charge in [0.25, 0.3) is 11.8 Å². The highest BCUT2D eigenvalue weighted by atomic mass is 16.6. The number of methoxy groups -OCH3 is 1. The zero-order valence-corrected chi connectivity index (χ0v) is 13.6. The summed E-state index contributed by atoms with van der Waals surface area (Å²) >= 11 is 0. The van der Waals surface area contributed by atoms with Crippen molar-refractivity contribution in [3.8, 4) is 11.5 Å². The molecule has 4 amide bonds. The summed E-state index contributed by atoms with van der Waals surface area (Å²) < 4.78 is 10.6. The summed E-state index contributed by atoms with van der Waals surface area (Å²) in [5.74, 6) is -1.80. The Hall–Kier alpha value is -3.43. The lowest BCUT2D eigenvalue weighted by molar-refractivity contribution is -0.386. The van der Waals surface area contributed by atoms with E-state index in [0.717, 1.165) is 12.1 Å². The van der Waals surface area contributed by atoms with Crippen molar-refractivity contribution < 1.29 is 28.8 Å². The van der Waals surface area contributed by atoms with Gasteiger partial charge >= 0.3 is 11.7 Å². The number of carbonyl (C=O) groups excluding carboxylic acids is 3. The van der Waals surface area contributed by atoms with Gasteiger partial charge in [-0.05, 0) is 31.6 Å². The molecule has 0 unspecified atom stereocenters. The molecule has 0 saturated carbocycles. The van der Waals surface area contributed by atoms with Gasteiger partial charge in [-0.2, -0.15) is 0 Å². The molecule has 0 atom stereocenters. The summed E-state index contributed by atoms with van der Waals surface area (Å²) in [6.45, 7) is 3.40. The molecule has 1 heterocycles. The molecule has 1 aromatic carbocycles. The number of ether oxygens (including phenoxy) is 2. The molecule has 1 aliphatic heterocycles. The lowest BCUT2D eigenvalue weighted by Crippen LogP contribution is -2.51. The Morgan fingerprint density at radius 1 is 1.16 bits per heavy atom. The van der Waals surface area contributed by atoms with E-state index in [-0.39, 0.29) is 34.4 Å². The molecule has 1 fully saturated rings. The summed E-state index contributed by atoms with van der Waals surface area (Å²) in [7, 11) is 1.31. The van der Waals surface area contributed by atoms with E-state index in [0.29, 0.717) is 0 Å². The number of carbonyl (C=O) groups is 3. The maximum atomic E-state index is 11.8. The Labute approximate surface area is 141 Å². The van der Waals surface area contributed by atoms with Gasteiger partial charge < -0.3 is 9.47 Å². The Kier molecular flexibility index (Phi) is 5.01. The Bertz CT molecular complexity index is 777. The van der Waals surface area contributed by atoms with Crippen LogP contribution in [0.3, 0.4) is 0 Å². The number of imide groups is 2. The van der Waals surface area contributed by atoms with Crippen LogP contribution in [0.4, 0.5) is 10.5 Å². The summed E-state index contributed by atoms with van der Waals surface area (Å²) in [6.07, 6.45) is 0.781. The van der Waals surface area contributed by atoms with Gasteiger partial charge in [0, 0.05) is 6.07 Å². The highest BCUT2D eigenvalue weighted by Crippen LogP contribution is 2.39. The van der Waals surface area contributed by atoms with E-state index in [4.69, 9.17) is 9.47 Å².